The van der Waals surface area contributed by atoms with Crippen molar-refractivity contribution in [1.82, 2.24) is 9.80 Å². The molecule has 0 aliphatic carbocycles. The third kappa shape index (κ3) is 4.90. The fourth-order valence-electron chi connectivity index (χ4n) is 1.48. The highest BCUT2D eigenvalue weighted by molar-refractivity contribution is 5.78. The second-order valence-electron chi connectivity index (χ2n) is 3.65. The summed E-state index contributed by atoms with van der Waals surface area (Å²) < 4.78 is 4.92. The normalized spacial score (nSPS) is 19.6. The van der Waals surface area contributed by atoms with Crippen LogP contribution in [-0.2, 0) is 4.74 Å². The van der Waals surface area contributed by atoms with Gasteiger partial charge in [-0.1, -0.05) is 0 Å². The van der Waals surface area contributed by atoms with Crippen molar-refractivity contribution < 1.29 is 9.53 Å². The van der Waals surface area contributed by atoms with Crippen molar-refractivity contribution in [2.75, 3.05) is 46.4 Å². The predicted octanol–water partition coefficient (Wildman–Crippen LogP) is 0.461. The van der Waals surface area contributed by atoms with Crippen LogP contribution in [0.15, 0.2) is 4.99 Å². The zero-order valence-corrected chi connectivity index (χ0v) is 9.48. The zero-order chi connectivity index (χ0) is 11.1. The van der Waals surface area contributed by atoms with Gasteiger partial charge in [0, 0.05) is 38.9 Å². The molecular formula is C10H19N3O2. The monoisotopic (exact) mass is 213 g/mol. The van der Waals surface area contributed by atoms with Gasteiger partial charge in [-0.2, -0.15) is 4.99 Å². The molecule has 5 heteroatoms. The van der Waals surface area contributed by atoms with Gasteiger partial charge in [0.25, 0.3) is 0 Å². The number of likely N-dealkylation sites (N-methyl/N-ethyl adjacent to an activating group) is 1. The van der Waals surface area contributed by atoms with Crippen LogP contribution in [0.3, 0.4) is 0 Å². The van der Waals surface area contributed by atoms with Gasteiger partial charge in [0.05, 0.1) is 0 Å². The van der Waals surface area contributed by atoms with Crippen molar-refractivity contribution >= 4 is 12.3 Å². The van der Waals surface area contributed by atoms with E-state index in [-0.39, 0.29) is 0 Å². The molecular weight excluding hydrogens is 194 g/mol. The number of aliphatic imine (C=N–C) groups is 1. The summed E-state index contributed by atoms with van der Waals surface area (Å²) in [4.78, 5) is 19.0. The molecule has 0 aromatic heterocycles. The van der Waals surface area contributed by atoms with Crippen LogP contribution in [0.25, 0.3) is 0 Å². The van der Waals surface area contributed by atoms with Crippen molar-refractivity contribution in [3.05, 3.63) is 0 Å². The molecule has 15 heavy (non-hydrogen) atoms. The minimum Gasteiger partial charge on any atom is -0.447 e. The van der Waals surface area contributed by atoms with Gasteiger partial charge in [0.2, 0.25) is 0 Å². The number of amides is 1. The Kier molecular flexibility index (Phi) is 5.28. The van der Waals surface area contributed by atoms with Crippen LogP contribution in [0.2, 0.25) is 0 Å². The Hall–Kier alpha value is -0.940. The molecule has 1 rings (SSSR count). The summed E-state index contributed by atoms with van der Waals surface area (Å²) in [7, 11) is 2.12. The molecule has 0 bridgehead atoms. The molecule has 5 nitrogen and oxygen atoms in total. The number of piperazine rings is 1. The van der Waals surface area contributed by atoms with Crippen LogP contribution in [0.4, 0.5) is 4.79 Å². The van der Waals surface area contributed by atoms with Crippen molar-refractivity contribution in [3.8, 4) is 0 Å². The number of rotatable bonds is 3. The second kappa shape index (κ2) is 6.53. The van der Waals surface area contributed by atoms with E-state index in [1.165, 1.54) is 6.21 Å². The number of nitrogens with zero attached hydrogens (tertiary/aromatic N) is 3. The van der Waals surface area contributed by atoms with Gasteiger partial charge in [-0.3, -0.25) is 4.90 Å². The standard InChI is InChI=1S/C10H19N3O2/c1-3-11-10(14)15-9-8-13-6-4-12(2)5-7-13/h3H,4-9H2,1-2H3. The van der Waals surface area contributed by atoms with Crippen LogP contribution < -0.4 is 0 Å². The highest BCUT2D eigenvalue weighted by Gasteiger charge is 2.13. The van der Waals surface area contributed by atoms with E-state index in [0.717, 1.165) is 32.7 Å². The van der Waals surface area contributed by atoms with E-state index in [4.69, 9.17) is 4.74 Å². The maximum absolute atomic E-state index is 10.9. The largest absolute Gasteiger partial charge is 0.447 e. The van der Waals surface area contributed by atoms with Gasteiger partial charge < -0.3 is 9.64 Å². The highest BCUT2D eigenvalue weighted by atomic mass is 16.5. The van der Waals surface area contributed by atoms with Crippen LogP contribution in [0.1, 0.15) is 6.92 Å². The van der Waals surface area contributed by atoms with Gasteiger partial charge in [-0.15, -0.1) is 0 Å². The van der Waals surface area contributed by atoms with E-state index in [1.807, 2.05) is 0 Å². The first kappa shape index (κ1) is 12.1. The lowest BCUT2D eigenvalue weighted by Gasteiger charge is -2.31. The fourth-order valence-corrected chi connectivity index (χ4v) is 1.48. The first-order valence-electron chi connectivity index (χ1n) is 5.28. The number of ether oxygens (including phenoxy) is 1. The molecule has 1 amide bonds. The topological polar surface area (TPSA) is 45.1 Å². The third-order valence-corrected chi connectivity index (χ3v) is 2.46. The average molecular weight is 213 g/mol. The van der Waals surface area contributed by atoms with Gasteiger partial charge in [0.15, 0.2) is 0 Å². The van der Waals surface area contributed by atoms with Crippen LogP contribution in [0.5, 0.6) is 0 Å². The van der Waals surface area contributed by atoms with E-state index in [0.29, 0.717) is 6.61 Å². The van der Waals surface area contributed by atoms with Crippen LogP contribution in [-0.4, -0.2) is 68.5 Å². The Morgan fingerprint density at radius 1 is 1.40 bits per heavy atom. The van der Waals surface area contributed by atoms with Crippen molar-refractivity contribution in [3.63, 3.8) is 0 Å². The molecule has 86 valence electrons. The number of hydrogen-bond donors (Lipinski definition) is 0. The van der Waals surface area contributed by atoms with E-state index >= 15 is 0 Å². The summed E-state index contributed by atoms with van der Waals surface area (Å²) in [5.74, 6) is 0. The van der Waals surface area contributed by atoms with E-state index < -0.39 is 6.09 Å². The minimum atomic E-state index is -0.494. The Balaban J connectivity index is 2.07. The fraction of sp³-hybridized carbons (Fsp3) is 0.800. The van der Waals surface area contributed by atoms with E-state index in [2.05, 4.69) is 21.8 Å². The first-order chi connectivity index (χ1) is 7.22. The van der Waals surface area contributed by atoms with Gasteiger partial charge in [0.1, 0.15) is 6.61 Å². The van der Waals surface area contributed by atoms with Crippen molar-refractivity contribution in [2.24, 2.45) is 4.99 Å². The summed E-state index contributed by atoms with van der Waals surface area (Å²) in [6.07, 6.45) is 0.949. The molecule has 0 aromatic carbocycles. The Bertz CT molecular complexity index is 223. The number of carbonyl (C=O) groups excluding carboxylic acids is 1. The summed E-state index contributed by atoms with van der Waals surface area (Å²) in [5, 5.41) is 0. The number of hydrogen-bond acceptors (Lipinski definition) is 4. The quantitative estimate of drug-likeness (QED) is 0.639. The predicted molar refractivity (Wildman–Crippen MR) is 59.5 cm³/mol. The molecule has 0 unspecified atom stereocenters. The smallest absolute Gasteiger partial charge is 0.433 e. The maximum atomic E-state index is 10.9. The third-order valence-electron chi connectivity index (χ3n) is 2.46. The van der Waals surface area contributed by atoms with E-state index in [1.54, 1.807) is 6.92 Å². The van der Waals surface area contributed by atoms with Crippen LogP contribution >= 0.6 is 0 Å². The summed E-state index contributed by atoms with van der Waals surface area (Å²) >= 11 is 0. The molecule has 0 spiro atoms. The molecule has 0 N–H and O–H groups in total. The Morgan fingerprint density at radius 2 is 2.07 bits per heavy atom. The van der Waals surface area contributed by atoms with Gasteiger partial charge >= 0.3 is 6.09 Å². The molecule has 1 heterocycles. The molecule has 0 saturated carbocycles. The highest BCUT2D eigenvalue weighted by Crippen LogP contribution is 1.98. The van der Waals surface area contributed by atoms with Crippen molar-refractivity contribution in [2.45, 2.75) is 6.92 Å². The summed E-state index contributed by atoms with van der Waals surface area (Å²) in [6, 6.07) is 0. The Labute approximate surface area is 90.7 Å². The van der Waals surface area contributed by atoms with Crippen LogP contribution in [0, 0.1) is 0 Å². The lowest BCUT2D eigenvalue weighted by atomic mass is 10.3. The molecule has 1 saturated heterocycles. The molecule has 0 radical (unpaired) electrons. The summed E-state index contributed by atoms with van der Waals surface area (Å²) in [5.41, 5.74) is 0. The van der Waals surface area contributed by atoms with Crippen molar-refractivity contribution in [1.29, 1.82) is 0 Å². The SMILES string of the molecule is CC=NC(=O)OCCN1CCN(C)CC1. The van der Waals surface area contributed by atoms with E-state index in [9.17, 15) is 4.79 Å². The van der Waals surface area contributed by atoms with Gasteiger partial charge in [-0.25, -0.2) is 4.79 Å². The lowest BCUT2D eigenvalue weighted by molar-refractivity contribution is 0.109. The zero-order valence-electron chi connectivity index (χ0n) is 9.48. The maximum Gasteiger partial charge on any atom is 0.433 e. The summed E-state index contributed by atoms with van der Waals surface area (Å²) in [6.45, 7) is 7.19. The Morgan fingerprint density at radius 3 is 2.67 bits per heavy atom. The lowest BCUT2D eigenvalue weighted by Crippen LogP contribution is -2.45. The number of carbonyl (C=O) groups is 1. The van der Waals surface area contributed by atoms with Gasteiger partial charge in [-0.05, 0) is 14.0 Å². The minimum absolute atomic E-state index is 0.430. The average Bonchev–Trinajstić information content (AvgIpc) is 2.21. The molecule has 1 fully saturated rings. The molecule has 1 aliphatic rings. The second-order valence-corrected chi connectivity index (χ2v) is 3.65. The molecule has 0 aromatic rings. The molecule has 1 aliphatic heterocycles. The first-order valence-corrected chi connectivity index (χ1v) is 5.28. The molecule has 0 atom stereocenters.